The molecule has 2 fully saturated rings. The first-order chi connectivity index (χ1) is 8.68. The maximum absolute atomic E-state index is 12.1. The van der Waals surface area contributed by atoms with Crippen LogP contribution in [0, 0.1) is 12.8 Å². The number of nitrogens with one attached hydrogen (secondary N) is 1. The fourth-order valence-electron chi connectivity index (χ4n) is 2.94. The molecule has 18 heavy (non-hydrogen) atoms. The second-order valence-corrected chi connectivity index (χ2v) is 5.52. The zero-order valence-corrected chi connectivity index (χ0v) is 11.0. The highest BCUT2D eigenvalue weighted by Crippen LogP contribution is 2.39. The molecule has 1 saturated carbocycles. The first kappa shape index (κ1) is 11.7. The number of rotatable bonds is 3. The molecule has 96 valence electrons. The molecule has 2 aliphatic rings. The van der Waals surface area contributed by atoms with Crippen LogP contribution in [0.25, 0.3) is 0 Å². The van der Waals surface area contributed by atoms with E-state index in [4.69, 9.17) is 0 Å². The Hall–Kier alpha value is -1.35. The van der Waals surface area contributed by atoms with E-state index in [-0.39, 0.29) is 12.1 Å². The molecule has 1 aliphatic heterocycles. The van der Waals surface area contributed by atoms with E-state index in [9.17, 15) is 4.79 Å². The van der Waals surface area contributed by atoms with Crippen molar-refractivity contribution in [3.05, 3.63) is 35.4 Å². The van der Waals surface area contributed by atoms with Gasteiger partial charge in [0, 0.05) is 6.04 Å². The van der Waals surface area contributed by atoms with Gasteiger partial charge in [-0.3, -0.25) is 10.1 Å². The molecule has 1 saturated heterocycles. The quantitative estimate of drug-likeness (QED) is 0.884. The summed E-state index contributed by atoms with van der Waals surface area (Å²) in [7, 11) is 0. The maximum atomic E-state index is 12.1. The van der Waals surface area contributed by atoms with Crippen molar-refractivity contribution in [3.63, 3.8) is 0 Å². The average Bonchev–Trinajstić information content (AvgIpc) is 3.13. The van der Waals surface area contributed by atoms with Crippen LogP contribution in [-0.2, 0) is 4.79 Å². The Kier molecular flexibility index (Phi) is 2.86. The Morgan fingerprint density at radius 1 is 1.33 bits per heavy atom. The fourth-order valence-corrected chi connectivity index (χ4v) is 2.94. The topological polar surface area (TPSA) is 32.3 Å². The number of benzene rings is 1. The molecule has 2 unspecified atom stereocenters. The maximum Gasteiger partial charge on any atom is 0.238 e. The lowest BCUT2D eigenvalue weighted by Crippen LogP contribution is -2.39. The molecule has 3 nitrogen and oxygen atoms in total. The van der Waals surface area contributed by atoms with Crippen LogP contribution in [0.3, 0.4) is 0 Å². The summed E-state index contributed by atoms with van der Waals surface area (Å²) in [6.07, 6.45) is 2.60. The standard InChI is InChI=1S/C15H20N2O/c1-10-5-3-4-6-13(10)15-16-9-14(18)17(15)11(2)12-7-8-12/h3-6,11-12,15-16H,7-9H2,1-2H3. The van der Waals surface area contributed by atoms with E-state index >= 15 is 0 Å². The summed E-state index contributed by atoms with van der Waals surface area (Å²) in [6.45, 7) is 4.77. The molecule has 3 heteroatoms. The van der Waals surface area contributed by atoms with Gasteiger partial charge in [-0.15, -0.1) is 0 Å². The second kappa shape index (κ2) is 4.39. The van der Waals surface area contributed by atoms with Gasteiger partial charge in [-0.2, -0.15) is 0 Å². The minimum absolute atomic E-state index is 0.0642. The molecule has 1 amide bonds. The van der Waals surface area contributed by atoms with Gasteiger partial charge in [-0.1, -0.05) is 24.3 Å². The SMILES string of the molecule is Cc1ccccc1C1NCC(=O)N1C(C)C1CC1. The zero-order valence-electron chi connectivity index (χ0n) is 11.0. The van der Waals surface area contributed by atoms with E-state index in [0.717, 1.165) is 0 Å². The number of nitrogens with zero attached hydrogens (tertiary/aromatic N) is 1. The van der Waals surface area contributed by atoms with E-state index in [1.165, 1.54) is 24.0 Å². The van der Waals surface area contributed by atoms with E-state index < -0.39 is 0 Å². The number of carbonyl (C=O) groups is 1. The fraction of sp³-hybridized carbons (Fsp3) is 0.533. The van der Waals surface area contributed by atoms with Gasteiger partial charge in [0.2, 0.25) is 5.91 Å². The molecule has 0 bridgehead atoms. The third-order valence-electron chi connectivity index (χ3n) is 4.24. The summed E-state index contributed by atoms with van der Waals surface area (Å²) < 4.78 is 0. The van der Waals surface area contributed by atoms with Crippen molar-refractivity contribution in [2.45, 2.75) is 38.9 Å². The third-order valence-corrected chi connectivity index (χ3v) is 4.24. The van der Waals surface area contributed by atoms with Crippen molar-refractivity contribution in [1.82, 2.24) is 10.2 Å². The number of hydrogen-bond donors (Lipinski definition) is 1. The molecule has 1 aromatic carbocycles. The third kappa shape index (κ3) is 1.93. The Bertz CT molecular complexity index is 467. The molecule has 0 aromatic heterocycles. The molecule has 1 N–H and O–H groups in total. The highest BCUT2D eigenvalue weighted by Gasteiger charge is 2.41. The van der Waals surface area contributed by atoms with Crippen LogP contribution in [0.1, 0.15) is 37.1 Å². The summed E-state index contributed by atoms with van der Waals surface area (Å²) in [5, 5.41) is 3.35. The van der Waals surface area contributed by atoms with Crippen molar-refractivity contribution in [1.29, 1.82) is 0 Å². The van der Waals surface area contributed by atoms with Crippen LogP contribution < -0.4 is 5.32 Å². The summed E-state index contributed by atoms with van der Waals surface area (Å²) in [6, 6.07) is 8.69. The molecular formula is C15H20N2O. The van der Waals surface area contributed by atoms with E-state index in [1.54, 1.807) is 0 Å². The van der Waals surface area contributed by atoms with Gasteiger partial charge in [0.15, 0.2) is 0 Å². The molecule has 1 aromatic rings. The van der Waals surface area contributed by atoms with Gasteiger partial charge < -0.3 is 4.90 Å². The lowest BCUT2D eigenvalue weighted by atomic mass is 10.0. The van der Waals surface area contributed by atoms with Crippen LogP contribution >= 0.6 is 0 Å². The van der Waals surface area contributed by atoms with Gasteiger partial charge in [-0.25, -0.2) is 0 Å². The number of hydrogen-bond acceptors (Lipinski definition) is 2. The van der Waals surface area contributed by atoms with E-state index in [1.807, 2.05) is 12.1 Å². The van der Waals surface area contributed by atoms with Crippen LogP contribution in [0.5, 0.6) is 0 Å². The van der Waals surface area contributed by atoms with Gasteiger partial charge in [-0.05, 0) is 43.7 Å². The zero-order chi connectivity index (χ0) is 12.7. The van der Waals surface area contributed by atoms with Gasteiger partial charge in [0.1, 0.15) is 6.17 Å². The average molecular weight is 244 g/mol. The van der Waals surface area contributed by atoms with E-state index in [2.05, 4.69) is 36.2 Å². The summed E-state index contributed by atoms with van der Waals surface area (Å²) in [5.41, 5.74) is 2.48. The predicted molar refractivity (Wildman–Crippen MR) is 71.0 cm³/mol. The summed E-state index contributed by atoms with van der Waals surface area (Å²) >= 11 is 0. The first-order valence-electron chi connectivity index (χ1n) is 6.78. The van der Waals surface area contributed by atoms with Crippen LogP contribution in [0.4, 0.5) is 0 Å². The Labute approximate surface area is 108 Å². The largest absolute Gasteiger partial charge is 0.319 e. The number of amides is 1. The normalized spacial score (nSPS) is 25.6. The Morgan fingerprint density at radius 2 is 2.06 bits per heavy atom. The molecule has 2 atom stereocenters. The van der Waals surface area contributed by atoms with E-state index in [0.29, 0.717) is 18.5 Å². The lowest BCUT2D eigenvalue weighted by Gasteiger charge is -2.31. The van der Waals surface area contributed by atoms with Crippen molar-refractivity contribution >= 4 is 5.91 Å². The van der Waals surface area contributed by atoms with Crippen LogP contribution in [0.2, 0.25) is 0 Å². The summed E-state index contributed by atoms with van der Waals surface area (Å²) in [5.74, 6) is 0.947. The van der Waals surface area contributed by atoms with Gasteiger partial charge in [0.05, 0.1) is 6.54 Å². The minimum Gasteiger partial charge on any atom is -0.319 e. The van der Waals surface area contributed by atoms with Crippen LogP contribution in [-0.4, -0.2) is 23.4 Å². The van der Waals surface area contributed by atoms with Crippen molar-refractivity contribution in [2.24, 2.45) is 5.92 Å². The van der Waals surface area contributed by atoms with Crippen molar-refractivity contribution in [3.8, 4) is 0 Å². The Morgan fingerprint density at radius 3 is 2.72 bits per heavy atom. The lowest BCUT2D eigenvalue weighted by molar-refractivity contribution is -0.130. The smallest absolute Gasteiger partial charge is 0.238 e. The number of aryl methyl sites for hydroxylation is 1. The van der Waals surface area contributed by atoms with Gasteiger partial charge >= 0.3 is 0 Å². The second-order valence-electron chi connectivity index (χ2n) is 5.52. The Balaban J connectivity index is 1.90. The highest BCUT2D eigenvalue weighted by atomic mass is 16.2. The molecule has 0 radical (unpaired) electrons. The highest BCUT2D eigenvalue weighted by molar-refractivity contribution is 5.81. The predicted octanol–water partition coefficient (Wildman–Crippen LogP) is 2.22. The molecule has 1 aliphatic carbocycles. The first-order valence-corrected chi connectivity index (χ1v) is 6.78. The van der Waals surface area contributed by atoms with Gasteiger partial charge in [0.25, 0.3) is 0 Å². The molecular weight excluding hydrogens is 224 g/mol. The number of carbonyl (C=O) groups excluding carboxylic acids is 1. The van der Waals surface area contributed by atoms with Crippen molar-refractivity contribution < 1.29 is 4.79 Å². The molecule has 1 heterocycles. The molecule has 3 rings (SSSR count). The minimum atomic E-state index is 0.0642. The monoisotopic (exact) mass is 244 g/mol. The van der Waals surface area contributed by atoms with Crippen LogP contribution in [0.15, 0.2) is 24.3 Å². The summed E-state index contributed by atoms with van der Waals surface area (Å²) in [4.78, 5) is 14.2. The van der Waals surface area contributed by atoms with Crippen molar-refractivity contribution in [2.75, 3.05) is 6.54 Å². The molecule has 0 spiro atoms.